The van der Waals surface area contributed by atoms with Crippen molar-refractivity contribution in [3.05, 3.63) is 34.2 Å². The predicted molar refractivity (Wildman–Crippen MR) is 121 cm³/mol. The number of nitrogens with zero attached hydrogens (tertiary/aromatic N) is 5. The second kappa shape index (κ2) is 7.34. The van der Waals surface area contributed by atoms with Crippen LogP contribution in [-0.2, 0) is 11.3 Å². The lowest BCUT2D eigenvalue weighted by atomic mass is 9.95. The van der Waals surface area contributed by atoms with Crippen LogP contribution in [0.15, 0.2) is 23.1 Å². The van der Waals surface area contributed by atoms with E-state index in [-0.39, 0.29) is 36.1 Å². The highest BCUT2D eigenvalue weighted by Crippen LogP contribution is 2.63. The molecule has 4 aliphatic heterocycles. The molecule has 36 heavy (non-hydrogen) atoms. The van der Waals surface area contributed by atoms with Gasteiger partial charge in [0, 0.05) is 36.8 Å². The van der Waals surface area contributed by atoms with Gasteiger partial charge in [-0.3, -0.25) is 14.2 Å². The van der Waals surface area contributed by atoms with Crippen LogP contribution in [0.25, 0.3) is 0 Å². The van der Waals surface area contributed by atoms with Crippen molar-refractivity contribution in [2.45, 2.75) is 43.2 Å². The number of anilines is 3. The highest BCUT2D eigenvalue weighted by Gasteiger charge is 2.74. The highest BCUT2D eigenvalue weighted by molar-refractivity contribution is 5.99. The summed E-state index contributed by atoms with van der Waals surface area (Å²) in [5.41, 5.74) is -0.499. The number of rotatable bonds is 4. The van der Waals surface area contributed by atoms with Crippen molar-refractivity contribution in [1.29, 1.82) is 0 Å². The predicted octanol–water partition coefficient (Wildman–Crippen LogP) is 1.44. The Morgan fingerprint density at radius 2 is 2.17 bits per heavy atom. The molecule has 10 nitrogen and oxygen atoms in total. The third-order valence-corrected chi connectivity index (χ3v) is 8.06. The molecule has 4 unspecified atom stereocenters. The summed E-state index contributed by atoms with van der Waals surface area (Å²) in [6.45, 7) is 1.42. The summed E-state index contributed by atoms with van der Waals surface area (Å²) in [5.74, 6) is 0.833. The van der Waals surface area contributed by atoms with Gasteiger partial charge in [0.1, 0.15) is 18.5 Å². The summed E-state index contributed by atoms with van der Waals surface area (Å²) >= 11 is 0. The fraction of sp³-hybridized carbons (Fsp3) is 0.565. The fourth-order valence-electron chi connectivity index (χ4n) is 6.09. The standard InChI is InChI=1S/C23H23F3N6O4/c24-23(25,26)16-1-3-30-19(34)6-18(32-10-17-22(32)7-13(22)11-36-17)29-21(30)31(16)9-14(33)12-5-15-20(28-8-12)27-2-4-35-15/h5-6,8,13,16-17H,1-4,7,9-11H2,(H,27,28). The lowest BCUT2D eigenvalue weighted by Gasteiger charge is -2.47. The van der Waals surface area contributed by atoms with E-state index in [1.54, 1.807) is 0 Å². The maximum atomic E-state index is 14.1. The van der Waals surface area contributed by atoms with Gasteiger partial charge in [-0.05, 0) is 18.9 Å². The van der Waals surface area contributed by atoms with E-state index in [9.17, 15) is 22.8 Å². The Morgan fingerprint density at radius 1 is 1.31 bits per heavy atom. The molecule has 190 valence electrons. The number of ether oxygens (including phenoxy) is 2. The Balaban J connectivity index is 1.24. The van der Waals surface area contributed by atoms with Crippen LogP contribution in [-0.4, -0.2) is 77.0 Å². The van der Waals surface area contributed by atoms with Crippen LogP contribution in [0.3, 0.4) is 0 Å². The number of nitrogens with one attached hydrogen (secondary N) is 1. The molecule has 13 heteroatoms. The lowest BCUT2D eigenvalue weighted by molar-refractivity contribution is -0.152. The number of hydrogen-bond donors (Lipinski definition) is 1. The van der Waals surface area contributed by atoms with E-state index in [2.05, 4.69) is 15.3 Å². The van der Waals surface area contributed by atoms with Crippen LogP contribution in [0.5, 0.6) is 5.75 Å². The number of carbonyl (C=O) groups is 1. The number of fused-ring (bicyclic) bond motifs is 2. The maximum Gasteiger partial charge on any atom is 0.408 e. The van der Waals surface area contributed by atoms with E-state index in [1.807, 2.05) is 4.90 Å². The molecule has 1 saturated carbocycles. The van der Waals surface area contributed by atoms with Crippen LogP contribution in [0, 0.1) is 5.92 Å². The first-order chi connectivity index (χ1) is 17.3. The SMILES string of the molecule is O=C(CN1c2nc(N3CC4OCC5CC543)cc(=O)n2CCC1C(F)(F)F)c1cnc2c(c1)OCCN2. The smallest absolute Gasteiger partial charge is 0.408 e. The van der Waals surface area contributed by atoms with Crippen molar-refractivity contribution in [3.8, 4) is 5.75 Å². The zero-order valence-electron chi connectivity index (χ0n) is 19.1. The van der Waals surface area contributed by atoms with E-state index in [0.717, 1.165) is 11.3 Å². The molecule has 0 amide bonds. The van der Waals surface area contributed by atoms with E-state index < -0.39 is 30.1 Å². The molecule has 2 saturated heterocycles. The molecule has 1 N–H and O–H groups in total. The van der Waals surface area contributed by atoms with Gasteiger partial charge in [-0.15, -0.1) is 0 Å². The molecular formula is C23H23F3N6O4. The normalized spacial score (nSPS) is 29.7. The van der Waals surface area contributed by atoms with Crippen LogP contribution in [0.4, 0.5) is 30.8 Å². The minimum Gasteiger partial charge on any atom is -0.488 e. The molecule has 0 aromatic carbocycles. The van der Waals surface area contributed by atoms with E-state index in [0.29, 0.717) is 49.6 Å². The Bertz CT molecular complexity index is 1330. The van der Waals surface area contributed by atoms with Crippen LogP contribution in [0.1, 0.15) is 23.2 Å². The summed E-state index contributed by atoms with van der Waals surface area (Å²) in [6, 6.07) is 0.916. The van der Waals surface area contributed by atoms with Gasteiger partial charge in [-0.2, -0.15) is 18.2 Å². The molecule has 1 spiro atoms. The maximum absolute atomic E-state index is 14.1. The average molecular weight is 504 g/mol. The first-order valence-corrected chi connectivity index (χ1v) is 12.0. The van der Waals surface area contributed by atoms with Gasteiger partial charge < -0.3 is 24.6 Å². The van der Waals surface area contributed by atoms with Gasteiger partial charge in [-0.1, -0.05) is 0 Å². The van der Waals surface area contributed by atoms with E-state index in [1.165, 1.54) is 22.9 Å². The zero-order chi connectivity index (χ0) is 24.8. The summed E-state index contributed by atoms with van der Waals surface area (Å²) in [6.07, 6.45) is -2.66. The third kappa shape index (κ3) is 3.07. The molecule has 3 fully saturated rings. The number of ketones is 1. The van der Waals surface area contributed by atoms with Crippen molar-refractivity contribution < 1.29 is 27.4 Å². The van der Waals surface area contributed by atoms with Crippen molar-refractivity contribution >= 4 is 23.4 Å². The molecule has 4 atom stereocenters. The van der Waals surface area contributed by atoms with Crippen LogP contribution >= 0.6 is 0 Å². The van der Waals surface area contributed by atoms with Gasteiger partial charge in [0.15, 0.2) is 17.4 Å². The van der Waals surface area contributed by atoms with Crippen molar-refractivity contribution in [1.82, 2.24) is 14.5 Å². The number of carbonyl (C=O) groups excluding carboxylic acids is 1. The summed E-state index contributed by atoms with van der Waals surface area (Å²) in [4.78, 5) is 37.8. The summed E-state index contributed by atoms with van der Waals surface area (Å²) in [7, 11) is 0. The van der Waals surface area contributed by atoms with Crippen molar-refractivity contribution in [2.24, 2.45) is 5.92 Å². The molecule has 6 heterocycles. The van der Waals surface area contributed by atoms with Gasteiger partial charge in [0.25, 0.3) is 5.56 Å². The minimum atomic E-state index is -4.61. The van der Waals surface area contributed by atoms with Crippen molar-refractivity contribution in [3.63, 3.8) is 0 Å². The minimum absolute atomic E-state index is 0.0666. The lowest BCUT2D eigenvalue weighted by Crippen LogP contribution is -2.63. The second-order valence-corrected chi connectivity index (χ2v) is 9.97. The van der Waals surface area contributed by atoms with E-state index in [4.69, 9.17) is 9.47 Å². The molecule has 5 aliphatic rings. The molecule has 0 radical (unpaired) electrons. The topological polar surface area (TPSA) is 102 Å². The Morgan fingerprint density at radius 3 is 2.94 bits per heavy atom. The third-order valence-electron chi connectivity index (χ3n) is 8.06. The van der Waals surface area contributed by atoms with Gasteiger partial charge in [0.05, 0.1) is 31.3 Å². The Labute approximate surface area is 203 Å². The summed E-state index contributed by atoms with van der Waals surface area (Å²) in [5, 5.41) is 3.04. The molecule has 1 aliphatic carbocycles. The quantitative estimate of drug-likeness (QED) is 0.620. The van der Waals surface area contributed by atoms with Gasteiger partial charge in [-0.25, -0.2) is 4.98 Å². The number of Topliss-reactive ketones (excluding diaryl/α,β-unsaturated/α-hetero) is 1. The zero-order valence-corrected chi connectivity index (χ0v) is 19.1. The number of alkyl halides is 3. The fourth-order valence-corrected chi connectivity index (χ4v) is 6.09. The molecule has 7 rings (SSSR count). The molecule has 2 aromatic heterocycles. The number of aromatic nitrogens is 3. The van der Waals surface area contributed by atoms with E-state index >= 15 is 0 Å². The first kappa shape index (κ1) is 21.9. The Kier molecular flexibility index (Phi) is 4.46. The first-order valence-electron chi connectivity index (χ1n) is 12.0. The van der Waals surface area contributed by atoms with Crippen LogP contribution < -0.4 is 25.4 Å². The van der Waals surface area contributed by atoms with Gasteiger partial charge >= 0.3 is 6.18 Å². The molecule has 2 aromatic rings. The number of halogens is 3. The Hall–Kier alpha value is -3.35. The second-order valence-electron chi connectivity index (χ2n) is 9.97. The largest absolute Gasteiger partial charge is 0.488 e. The molecule has 0 bridgehead atoms. The van der Waals surface area contributed by atoms with Gasteiger partial charge in [0.2, 0.25) is 5.95 Å². The summed E-state index contributed by atoms with van der Waals surface area (Å²) < 4.78 is 54.8. The number of pyridine rings is 1. The highest BCUT2D eigenvalue weighted by atomic mass is 19.4. The average Bonchev–Trinajstić information content (AvgIpc) is 3.54. The molecular weight excluding hydrogens is 481 g/mol. The number of hydrogen-bond acceptors (Lipinski definition) is 9. The van der Waals surface area contributed by atoms with Crippen molar-refractivity contribution in [2.75, 3.05) is 48.0 Å². The van der Waals surface area contributed by atoms with Crippen LogP contribution in [0.2, 0.25) is 0 Å². The monoisotopic (exact) mass is 504 g/mol.